The quantitative estimate of drug-likeness (QED) is 0.792. The lowest BCUT2D eigenvalue weighted by Crippen LogP contribution is -2.48. The van der Waals surface area contributed by atoms with Gasteiger partial charge in [-0.1, -0.05) is 12.8 Å². The van der Waals surface area contributed by atoms with E-state index in [2.05, 4.69) is 9.71 Å². The van der Waals surface area contributed by atoms with Gasteiger partial charge >= 0.3 is 5.97 Å². The number of nitrogens with one attached hydrogen (secondary N) is 1. The topological polar surface area (TPSA) is 96.4 Å². The summed E-state index contributed by atoms with van der Waals surface area (Å²) < 4.78 is 27.1. The summed E-state index contributed by atoms with van der Waals surface area (Å²) in [6, 6.07) is 3.55. The maximum Gasteiger partial charge on any atom is 0.305 e. The highest BCUT2D eigenvalue weighted by Gasteiger charge is 2.39. The van der Waals surface area contributed by atoms with Crippen LogP contribution in [-0.4, -0.2) is 35.8 Å². The number of hydrogen-bond donors (Lipinski definition) is 2. The third kappa shape index (κ3) is 4.78. The Morgan fingerprint density at radius 2 is 1.90 bits per heavy atom. The fraction of sp³-hybridized carbons (Fsp3) is 0.571. The minimum Gasteiger partial charge on any atom is -0.481 e. The molecule has 0 radical (unpaired) electrons. The second-order valence-corrected chi connectivity index (χ2v) is 7.43. The molecule has 0 unspecified atom stereocenters. The fourth-order valence-electron chi connectivity index (χ4n) is 2.84. The van der Waals surface area contributed by atoms with Crippen molar-refractivity contribution in [1.29, 1.82) is 0 Å². The highest BCUT2D eigenvalue weighted by atomic mass is 32.2. The summed E-state index contributed by atoms with van der Waals surface area (Å²) in [5, 5.41) is 9.00. The summed E-state index contributed by atoms with van der Waals surface area (Å²) in [5.41, 5.74) is 0.0946. The molecular formula is C14H20N2O4S. The van der Waals surface area contributed by atoms with Crippen molar-refractivity contribution in [1.82, 2.24) is 9.71 Å². The van der Waals surface area contributed by atoms with Gasteiger partial charge in [-0.3, -0.25) is 9.78 Å². The number of carbonyl (C=O) groups is 1. The van der Waals surface area contributed by atoms with Crippen LogP contribution in [-0.2, 0) is 21.2 Å². The molecule has 21 heavy (non-hydrogen) atoms. The molecule has 0 aliphatic heterocycles. The average molecular weight is 312 g/mol. The molecule has 1 fully saturated rings. The number of hydrogen-bond acceptors (Lipinski definition) is 4. The molecule has 1 aliphatic rings. The van der Waals surface area contributed by atoms with Crippen LogP contribution >= 0.6 is 0 Å². The molecule has 1 saturated carbocycles. The van der Waals surface area contributed by atoms with E-state index < -0.39 is 21.5 Å². The highest BCUT2D eigenvalue weighted by molar-refractivity contribution is 7.89. The van der Waals surface area contributed by atoms with Crippen molar-refractivity contribution in [3.63, 3.8) is 0 Å². The van der Waals surface area contributed by atoms with Gasteiger partial charge < -0.3 is 5.11 Å². The first-order valence-corrected chi connectivity index (χ1v) is 8.68. The summed E-state index contributed by atoms with van der Waals surface area (Å²) in [6.45, 7) is 0. The third-order valence-electron chi connectivity index (χ3n) is 3.83. The van der Waals surface area contributed by atoms with Gasteiger partial charge in [0.25, 0.3) is 0 Å². The van der Waals surface area contributed by atoms with Gasteiger partial charge in [0, 0.05) is 17.9 Å². The Balaban J connectivity index is 2.00. The van der Waals surface area contributed by atoms with Crippen LogP contribution in [0.15, 0.2) is 24.5 Å². The minimum atomic E-state index is -3.50. The zero-order valence-electron chi connectivity index (χ0n) is 11.8. The van der Waals surface area contributed by atoms with Crippen LogP contribution in [0.4, 0.5) is 0 Å². The number of aromatic nitrogens is 1. The van der Waals surface area contributed by atoms with Crippen LogP contribution < -0.4 is 4.72 Å². The Hall–Kier alpha value is -1.47. The largest absolute Gasteiger partial charge is 0.481 e. The number of carboxylic acids is 1. The SMILES string of the molecule is O=C(O)CC1(NS(=O)(=O)CCc2ccncc2)CCCC1. The van der Waals surface area contributed by atoms with Crippen LogP contribution in [0.2, 0.25) is 0 Å². The van der Waals surface area contributed by atoms with E-state index in [9.17, 15) is 13.2 Å². The molecule has 0 atom stereocenters. The molecule has 0 bridgehead atoms. The predicted octanol–water partition coefficient (Wildman–Crippen LogP) is 1.33. The van der Waals surface area contributed by atoms with Crippen molar-refractivity contribution in [2.45, 2.75) is 44.1 Å². The van der Waals surface area contributed by atoms with E-state index in [1.165, 1.54) is 0 Å². The van der Waals surface area contributed by atoms with Crippen LogP contribution in [0.3, 0.4) is 0 Å². The Morgan fingerprint density at radius 1 is 1.29 bits per heavy atom. The van der Waals surface area contributed by atoms with Crippen molar-refractivity contribution in [3.05, 3.63) is 30.1 Å². The molecule has 0 spiro atoms. The molecule has 0 saturated heterocycles. The van der Waals surface area contributed by atoms with E-state index in [1.807, 2.05) is 0 Å². The van der Waals surface area contributed by atoms with E-state index in [1.54, 1.807) is 24.5 Å². The highest BCUT2D eigenvalue weighted by Crippen LogP contribution is 2.33. The molecule has 2 N–H and O–H groups in total. The van der Waals surface area contributed by atoms with Crippen LogP contribution in [0.25, 0.3) is 0 Å². The van der Waals surface area contributed by atoms with Crippen molar-refractivity contribution >= 4 is 16.0 Å². The second kappa shape index (κ2) is 6.53. The van der Waals surface area contributed by atoms with Gasteiger partial charge in [0.05, 0.1) is 12.2 Å². The summed E-state index contributed by atoms with van der Waals surface area (Å²) in [6.07, 6.45) is 6.39. The molecule has 0 aromatic carbocycles. The van der Waals surface area contributed by atoms with Crippen molar-refractivity contribution in [2.75, 3.05) is 5.75 Å². The molecule has 1 heterocycles. The lowest BCUT2D eigenvalue weighted by Gasteiger charge is -2.28. The molecule has 7 heteroatoms. The first kappa shape index (κ1) is 15.9. The summed E-state index contributed by atoms with van der Waals surface area (Å²) in [4.78, 5) is 14.9. The number of sulfonamides is 1. The standard InChI is InChI=1S/C14H20N2O4S/c17-13(18)11-14(6-1-2-7-14)16-21(19,20)10-5-12-3-8-15-9-4-12/h3-4,8-9,16H,1-2,5-7,10-11H2,(H,17,18). The zero-order valence-corrected chi connectivity index (χ0v) is 12.6. The van der Waals surface area contributed by atoms with Crippen molar-refractivity contribution in [3.8, 4) is 0 Å². The number of nitrogens with zero attached hydrogens (tertiary/aromatic N) is 1. The number of carboxylic acid groups (broad SMARTS) is 1. The van der Waals surface area contributed by atoms with Gasteiger partial charge in [-0.15, -0.1) is 0 Å². The van der Waals surface area contributed by atoms with Gasteiger partial charge in [-0.25, -0.2) is 13.1 Å². The van der Waals surface area contributed by atoms with Crippen molar-refractivity contribution < 1.29 is 18.3 Å². The normalized spacial score (nSPS) is 17.7. The Labute approximate surface area is 124 Å². The molecule has 1 aliphatic carbocycles. The number of aliphatic carboxylic acids is 1. The molecule has 1 aromatic rings. The summed E-state index contributed by atoms with van der Waals surface area (Å²) in [7, 11) is -3.50. The third-order valence-corrected chi connectivity index (χ3v) is 5.32. The Kier molecular flexibility index (Phi) is 4.95. The second-order valence-electron chi connectivity index (χ2n) is 5.58. The van der Waals surface area contributed by atoms with Crippen molar-refractivity contribution in [2.24, 2.45) is 0 Å². The Bertz CT molecular complexity index is 580. The van der Waals surface area contributed by atoms with Gasteiger partial charge in [0.15, 0.2) is 0 Å². The lowest BCUT2D eigenvalue weighted by molar-refractivity contribution is -0.138. The summed E-state index contributed by atoms with van der Waals surface area (Å²) >= 11 is 0. The van der Waals surface area contributed by atoms with Gasteiger partial charge in [-0.05, 0) is 37.0 Å². The van der Waals surface area contributed by atoms with E-state index in [4.69, 9.17) is 5.11 Å². The first-order chi connectivity index (χ1) is 9.91. The number of rotatable bonds is 7. The maximum absolute atomic E-state index is 12.2. The van der Waals surface area contributed by atoms with Crippen LogP contribution in [0.1, 0.15) is 37.7 Å². The first-order valence-electron chi connectivity index (χ1n) is 7.03. The molecule has 6 nitrogen and oxygen atoms in total. The molecular weight excluding hydrogens is 292 g/mol. The van der Waals surface area contributed by atoms with Crippen LogP contribution in [0.5, 0.6) is 0 Å². The summed E-state index contributed by atoms with van der Waals surface area (Å²) in [5.74, 6) is -1.01. The molecule has 0 amide bonds. The minimum absolute atomic E-state index is 0.0433. The lowest BCUT2D eigenvalue weighted by atomic mass is 9.95. The van der Waals surface area contributed by atoms with Gasteiger partial charge in [0.2, 0.25) is 10.0 Å². The molecule has 1 aromatic heterocycles. The zero-order chi connectivity index (χ0) is 15.3. The smallest absolute Gasteiger partial charge is 0.305 e. The number of aryl methyl sites for hydroxylation is 1. The predicted molar refractivity (Wildman–Crippen MR) is 78.3 cm³/mol. The van der Waals surface area contributed by atoms with Gasteiger partial charge in [-0.2, -0.15) is 0 Å². The van der Waals surface area contributed by atoms with Crippen LogP contribution in [0, 0.1) is 0 Å². The Morgan fingerprint density at radius 3 is 2.48 bits per heavy atom. The van der Waals surface area contributed by atoms with Gasteiger partial charge in [0.1, 0.15) is 0 Å². The number of pyridine rings is 1. The molecule has 116 valence electrons. The average Bonchev–Trinajstić information content (AvgIpc) is 2.84. The van der Waals surface area contributed by atoms with E-state index in [-0.39, 0.29) is 12.2 Å². The maximum atomic E-state index is 12.2. The van der Waals surface area contributed by atoms with E-state index in [0.717, 1.165) is 18.4 Å². The fourth-order valence-corrected chi connectivity index (χ4v) is 4.38. The monoisotopic (exact) mass is 312 g/mol. The van der Waals surface area contributed by atoms with E-state index in [0.29, 0.717) is 19.3 Å². The molecule has 2 rings (SSSR count). The van der Waals surface area contributed by atoms with E-state index >= 15 is 0 Å².